The fraction of sp³-hybridized carbons (Fsp3) is 0.417. The highest BCUT2D eigenvalue weighted by atomic mass is 16.2. The average molecular weight is 247 g/mol. The van der Waals surface area contributed by atoms with Gasteiger partial charge in [0.05, 0.1) is 11.6 Å². The maximum absolute atomic E-state index is 11.6. The van der Waals surface area contributed by atoms with Crippen molar-refractivity contribution in [2.45, 2.75) is 13.8 Å². The first-order chi connectivity index (χ1) is 8.53. The first kappa shape index (κ1) is 12.3. The Morgan fingerprint density at radius 3 is 2.94 bits per heavy atom. The van der Waals surface area contributed by atoms with Gasteiger partial charge in [-0.1, -0.05) is 0 Å². The third kappa shape index (κ3) is 2.42. The lowest BCUT2D eigenvalue weighted by Crippen LogP contribution is -2.39. The van der Waals surface area contributed by atoms with Gasteiger partial charge in [0.1, 0.15) is 5.82 Å². The quantitative estimate of drug-likeness (QED) is 0.842. The summed E-state index contributed by atoms with van der Waals surface area (Å²) in [5, 5.41) is 9.90. The molecule has 0 aliphatic rings. The number of rotatable bonds is 4. The molecule has 0 saturated heterocycles. The van der Waals surface area contributed by atoms with Crippen molar-refractivity contribution in [2.75, 3.05) is 18.9 Å². The predicted molar refractivity (Wildman–Crippen MR) is 69.3 cm³/mol. The maximum atomic E-state index is 11.6. The van der Waals surface area contributed by atoms with E-state index in [2.05, 4.69) is 20.7 Å². The highest BCUT2D eigenvalue weighted by molar-refractivity contribution is 5.82. The van der Waals surface area contributed by atoms with Crippen LogP contribution in [-0.4, -0.2) is 34.1 Å². The molecule has 2 aromatic rings. The van der Waals surface area contributed by atoms with E-state index >= 15 is 0 Å². The molecule has 0 saturated carbocycles. The molecule has 6 heteroatoms. The van der Waals surface area contributed by atoms with E-state index in [0.717, 1.165) is 11.5 Å². The number of aromatic nitrogens is 3. The summed E-state index contributed by atoms with van der Waals surface area (Å²) in [5.41, 5.74) is 0.292. The summed E-state index contributed by atoms with van der Waals surface area (Å²) in [6.45, 7) is 4.29. The minimum Gasteiger partial charge on any atom is -0.369 e. The van der Waals surface area contributed by atoms with Crippen LogP contribution in [0.3, 0.4) is 0 Å². The van der Waals surface area contributed by atoms with Crippen molar-refractivity contribution in [3.8, 4) is 0 Å². The van der Waals surface area contributed by atoms with E-state index in [4.69, 9.17) is 0 Å². The van der Waals surface area contributed by atoms with E-state index in [1.165, 1.54) is 0 Å². The number of hydrogen-bond acceptors (Lipinski definition) is 4. The van der Waals surface area contributed by atoms with Gasteiger partial charge in [-0.25, -0.2) is 9.50 Å². The monoisotopic (exact) mass is 247 g/mol. The minimum atomic E-state index is -0.483. The van der Waals surface area contributed by atoms with Crippen molar-refractivity contribution < 1.29 is 4.79 Å². The summed E-state index contributed by atoms with van der Waals surface area (Å²) in [6, 6.07) is 3.66. The van der Waals surface area contributed by atoms with Gasteiger partial charge in [-0.2, -0.15) is 5.10 Å². The summed E-state index contributed by atoms with van der Waals surface area (Å²) < 4.78 is 1.69. The van der Waals surface area contributed by atoms with Crippen LogP contribution in [0.25, 0.3) is 5.65 Å². The summed E-state index contributed by atoms with van der Waals surface area (Å²) >= 11 is 0. The van der Waals surface area contributed by atoms with E-state index in [9.17, 15) is 4.79 Å². The summed E-state index contributed by atoms with van der Waals surface area (Å²) in [6.07, 6.45) is 3.53. The first-order valence-corrected chi connectivity index (χ1v) is 5.79. The normalized spacial score (nSPS) is 11.5. The van der Waals surface area contributed by atoms with Gasteiger partial charge in [-0.3, -0.25) is 4.79 Å². The Morgan fingerprint density at radius 2 is 2.22 bits per heavy atom. The van der Waals surface area contributed by atoms with Crippen LogP contribution in [0.2, 0.25) is 0 Å². The van der Waals surface area contributed by atoms with Crippen LogP contribution in [-0.2, 0) is 4.79 Å². The molecular formula is C12H17N5O. The molecule has 0 fully saturated rings. The highest BCUT2D eigenvalue weighted by Crippen LogP contribution is 2.16. The zero-order valence-corrected chi connectivity index (χ0v) is 10.8. The van der Waals surface area contributed by atoms with Gasteiger partial charge in [0, 0.05) is 25.9 Å². The summed E-state index contributed by atoms with van der Waals surface area (Å²) in [7, 11) is 1.64. The molecule has 0 bridgehead atoms. The molecule has 2 heterocycles. The van der Waals surface area contributed by atoms with Crippen molar-refractivity contribution >= 4 is 17.4 Å². The van der Waals surface area contributed by atoms with Crippen molar-refractivity contribution in [3.63, 3.8) is 0 Å². The molecular weight excluding hydrogens is 230 g/mol. The van der Waals surface area contributed by atoms with E-state index in [-0.39, 0.29) is 5.91 Å². The third-order valence-corrected chi connectivity index (χ3v) is 2.81. The van der Waals surface area contributed by atoms with Gasteiger partial charge < -0.3 is 10.6 Å². The third-order valence-electron chi connectivity index (χ3n) is 2.81. The minimum absolute atomic E-state index is 0.000399. The topological polar surface area (TPSA) is 71.3 Å². The second-order valence-electron chi connectivity index (χ2n) is 4.76. The van der Waals surface area contributed by atoms with Gasteiger partial charge in [-0.05, 0) is 19.9 Å². The number of anilines is 1. The number of nitrogens with zero attached hydrogens (tertiary/aromatic N) is 3. The molecule has 0 spiro atoms. The van der Waals surface area contributed by atoms with E-state index < -0.39 is 5.41 Å². The lowest BCUT2D eigenvalue weighted by Gasteiger charge is -2.23. The fourth-order valence-electron chi connectivity index (χ4n) is 1.64. The molecule has 0 atom stereocenters. The lowest BCUT2D eigenvalue weighted by molar-refractivity contribution is -0.128. The molecule has 0 radical (unpaired) electrons. The smallest absolute Gasteiger partial charge is 0.227 e. The molecule has 96 valence electrons. The van der Waals surface area contributed by atoms with E-state index in [0.29, 0.717) is 6.54 Å². The number of amides is 1. The molecule has 0 aliphatic heterocycles. The van der Waals surface area contributed by atoms with Crippen LogP contribution in [0.5, 0.6) is 0 Å². The molecule has 2 N–H and O–H groups in total. The van der Waals surface area contributed by atoms with Crippen molar-refractivity contribution in [2.24, 2.45) is 5.41 Å². The number of fused-ring (bicyclic) bond motifs is 1. The van der Waals surface area contributed by atoms with Crippen molar-refractivity contribution in [1.29, 1.82) is 0 Å². The molecule has 0 aromatic carbocycles. The van der Waals surface area contributed by atoms with Gasteiger partial charge in [-0.15, -0.1) is 0 Å². The fourth-order valence-corrected chi connectivity index (χ4v) is 1.64. The average Bonchev–Trinajstić information content (AvgIpc) is 2.82. The second kappa shape index (κ2) is 4.64. The molecule has 2 aromatic heterocycles. The number of nitrogens with one attached hydrogen (secondary N) is 2. The summed E-state index contributed by atoms with van der Waals surface area (Å²) in [4.78, 5) is 16.0. The van der Waals surface area contributed by atoms with Crippen molar-refractivity contribution in [1.82, 2.24) is 19.9 Å². The maximum Gasteiger partial charge on any atom is 0.227 e. The van der Waals surface area contributed by atoms with Crippen LogP contribution in [0, 0.1) is 5.41 Å². The first-order valence-electron chi connectivity index (χ1n) is 5.79. The largest absolute Gasteiger partial charge is 0.369 e. The van der Waals surface area contributed by atoms with Gasteiger partial charge in [0.15, 0.2) is 5.65 Å². The van der Waals surface area contributed by atoms with Crippen LogP contribution in [0.15, 0.2) is 24.5 Å². The molecule has 0 aliphatic carbocycles. The molecule has 1 amide bonds. The molecule has 2 rings (SSSR count). The van der Waals surface area contributed by atoms with Crippen LogP contribution < -0.4 is 10.6 Å². The Bertz CT molecular complexity index is 560. The summed E-state index contributed by atoms with van der Waals surface area (Å²) in [5.74, 6) is 0.736. The van der Waals surface area contributed by atoms with Gasteiger partial charge >= 0.3 is 0 Å². The van der Waals surface area contributed by atoms with Crippen LogP contribution >= 0.6 is 0 Å². The van der Waals surface area contributed by atoms with Crippen molar-refractivity contribution in [3.05, 3.63) is 24.5 Å². The van der Waals surface area contributed by atoms with Crippen LogP contribution in [0.1, 0.15) is 13.8 Å². The Hall–Kier alpha value is -2.11. The highest BCUT2D eigenvalue weighted by Gasteiger charge is 2.26. The Morgan fingerprint density at radius 1 is 1.44 bits per heavy atom. The zero-order chi connectivity index (χ0) is 13.2. The number of carbonyl (C=O) groups is 1. The Balaban J connectivity index is 2.07. The Labute approximate surface area is 105 Å². The van der Waals surface area contributed by atoms with Gasteiger partial charge in [0.2, 0.25) is 5.91 Å². The zero-order valence-electron chi connectivity index (χ0n) is 10.8. The Kier molecular flexibility index (Phi) is 3.18. The van der Waals surface area contributed by atoms with E-state index in [1.807, 2.05) is 32.2 Å². The van der Waals surface area contributed by atoms with E-state index in [1.54, 1.807) is 17.8 Å². The number of hydrogen-bond donors (Lipinski definition) is 2. The SMILES string of the molecule is CNC(=O)C(C)(C)CNc1ccn2nccc2n1. The molecule has 6 nitrogen and oxygen atoms in total. The lowest BCUT2D eigenvalue weighted by atomic mass is 9.92. The molecule has 0 unspecified atom stereocenters. The molecule has 18 heavy (non-hydrogen) atoms. The second-order valence-corrected chi connectivity index (χ2v) is 4.76. The number of carbonyl (C=O) groups excluding carboxylic acids is 1. The van der Waals surface area contributed by atoms with Crippen LogP contribution in [0.4, 0.5) is 5.82 Å². The standard InChI is InChI=1S/C12H17N5O/c1-12(2,11(18)13-3)8-14-9-5-7-17-10(16-9)4-6-15-17/h4-7H,8H2,1-3H3,(H,13,18)(H,14,16). The van der Waals surface area contributed by atoms with Gasteiger partial charge in [0.25, 0.3) is 0 Å². The predicted octanol–water partition coefficient (Wildman–Crippen LogP) is 0.913.